The average Bonchev–Trinajstić information content (AvgIpc) is 2.35. The quantitative estimate of drug-likeness (QED) is 0.849. The number of nitrogens with zero attached hydrogens (tertiary/aromatic N) is 2. The molecule has 0 bridgehead atoms. The molecule has 0 atom stereocenters. The topological polar surface area (TPSA) is 62.7 Å². The van der Waals surface area contributed by atoms with E-state index in [1.54, 1.807) is 23.2 Å². The van der Waals surface area contributed by atoms with E-state index < -0.39 is 0 Å². The zero-order valence-electron chi connectivity index (χ0n) is 10.5. The molecule has 0 spiro atoms. The molecule has 1 fully saturated rings. The molecule has 0 unspecified atom stereocenters. The van der Waals surface area contributed by atoms with Crippen molar-refractivity contribution < 1.29 is 14.6 Å². The number of carbonyl (C=O) groups excluding carboxylic acids is 1. The highest BCUT2D eigenvalue weighted by Crippen LogP contribution is 2.27. The van der Waals surface area contributed by atoms with Gasteiger partial charge in [-0.3, -0.25) is 4.79 Å². The standard InChI is InChI=1S/C13H18N2O3/c1-18-12-11(6-3-7-14-12)13(17)15(8-9-16)10-4-2-5-10/h3,6-7,10,16H,2,4-5,8-9H2,1H3. The van der Waals surface area contributed by atoms with Gasteiger partial charge in [0.15, 0.2) is 0 Å². The van der Waals surface area contributed by atoms with E-state index in [4.69, 9.17) is 9.84 Å². The Morgan fingerprint density at radius 2 is 2.39 bits per heavy atom. The Hall–Kier alpha value is -1.62. The number of aromatic nitrogens is 1. The Labute approximate surface area is 106 Å². The second kappa shape index (κ2) is 5.82. The van der Waals surface area contributed by atoms with Crippen LogP contribution in [0.15, 0.2) is 18.3 Å². The first-order valence-corrected chi connectivity index (χ1v) is 6.18. The first-order valence-electron chi connectivity index (χ1n) is 6.18. The van der Waals surface area contributed by atoms with Crippen LogP contribution in [0.4, 0.5) is 0 Å². The zero-order valence-corrected chi connectivity index (χ0v) is 10.5. The number of methoxy groups -OCH3 is 1. The number of hydrogen-bond acceptors (Lipinski definition) is 4. The molecule has 1 aliphatic carbocycles. The monoisotopic (exact) mass is 250 g/mol. The molecule has 1 saturated carbocycles. The fourth-order valence-electron chi connectivity index (χ4n) is 2.13. The summed E-state index contributed by atoms with van der Waals surface area (Å²) >= 11 is 0. The summed E-state index contributed by atoms with van der Waals surface area (Å²) in [4.78, 5) is 18.2. The Balaban J connectivity index is 2.21. The highest BCUT2D eigenvalue weighted by Gasteiger charge is 2.30. The Morgan fingerprint density at radius 1 is 1.61 bits per heavy atom. The fraction of sp³-hybridized carbons (Fsp3) is 0.538. The van der Waals surface area contributed by atoms with Gasteiger partial charge in [-0.15, -0.1) is 0 Å². The number of aliphatic hydroxyl groups excluding tert-OH is 1. The van der Waals surface area contributed by atoms with E-state index in [1.807, 2.05) is 0 Å². The maximum absolute atomic E-state index is 12.4. The average molecular weight is 250 g/mol. The third-order valence-electron chi connectivity index (χ3n) is 3.31. The summed E-state index contributed by atoms with van der Waals surface area (Å²) in [6.07, 6.45) is 4.75. The molecule has 0 saturated heterocycles. The van der Waals surface area contributed by atoms with E-state index in [0.717, 1.165) is 19.3 Å². The van der Waals surface area contributed by atoms with Gasteiger partial charge in [0.1, 0.15) is 5.56 Å². The number of pyridine rings is 1. The summed E-state index contributed by atoms with van der Waals surface area (Å²) in [5, 5.41) is 9.09. The fourth-order valence-corrected chi connectivity index (χ4v) is 2.13. The highest BCUT2D eigenvalue weighted by atomic mass is 16.5. The third kappa shape index (κ3) is 2.46. The molecular formula is C13H18N2O3. The molecule has 5 nitrogen and oxygen atoms in total. The molecule has 2 rings (SSSR count). The predicted molar refractivity (Wildman–Crippen MR) is 66.6 cm³/mol. The first kappa shape index (κ1) is 12.8. The van der Waals surface area contributed by atoms with Crippen molar-refractivity contribution in [1.82, 2.24) is 9.88 Å². The van der Waals surface area contributed by atoms with E-state index in [9.17, 15) is 4.79 Å². The van der Waals surface area contributed by atoms with Crippen LogP contribution in [-0.4, -0.2) is 47.2 Å². The third-order valence-corrected chi connectivity index (χ3v) is 3.31. The smallest absolute Gasteiger partial charge is 0.259 e. The lowest BCUT2D eigenvalue weighted by Crippen LogP contribution is -2.45. The molecule has 1 aliphatic rings. The van der Waals surface area contributed by atoms with E-state index in [-0.39, 0.29) is 18.6 Å². The molecule has 0 radical (unpaired) electrons. The lowest BCUT2D eigenvalue weighted by molar-refractivity contribution is 0.0522. The summed E-state index contributed by atoms with van der Waals surface area (Å²) in [6.45, 7) is 0.340. The lowest BCUT2D eigenvalue weighted by atomic mass is 9.91. The van der Waals surface area contributed by atoms with Gasteiger partial charge in [0.2, 0.25) is 5.88 Å². The maximum Gasteiger partial charge on any atom is 0.259 e. The van der Waals surface area contributed by atoms with Crippen molar-refractivity contribution in [2.24, 2.45) is 0 Å². The second-order valence-corrected chi connectivity index (χ2v) is 4.37. The number of hydrogen-bond donors (Lipinski definition) is 1. The van der Waals surface area contributed by atoms with Crippen molar-refractivity contribution in [1.29, 1.82) is 0 Å². The van der Waals surface area contributed by atoms with Gasteiger partial charge in [-0.25, -0.2) is 4.98 Å². The lowest BCUT2D eigenvalue weighted by Gasteiger charge is -2.37. The highest BCUT2D eigenvalue weighted by molar-refractivity contribution is 5.96. The van der Waals surface area contributed by atoms with Crippen LogP contribution in [0.25, 0.3) is 0 Å². The number of rotatable bonds is 5. The van der Waals surface area contributed by atoms with Crippen LogP contribution in [0, 0.1) is 0 Å². The Bertz CT molecular complexity index is 418. The van der Waals surface area contributed by atoms with Gasteiger partial charge in [0.25, 0.3) is 5.91 Å². The summed E-state index contributed by atoms with van der Waals surface area (Å²) in [5.41, 5.74) is 0.459. The molecule has 1 aromatic heterocycles. The van der Waals surface area contributed by atoms with Crippen LogP contribution in [0.1, 0.15) is 29.6 Å². The van der Waals surface area contributed by atoms with Crippen molar-refractivity contribution in [3.8, 4) is 5.88 Å². The number of ether oxygens (including phenoxy) is 1. The number of aliphatic hydroxyl groups is 1. The van der Waals surface area contributed by atoms with Crippen molar-refractivity contribution in [2.75, 3.05) is 20.3 Å². The Kier molecular flexibility index (Phi) is 4.15. The number of carbonyl (C=O) groups is 1. The van der Waals surface area contributed by atoms with Crippen LogP contribution in [0.2, 0.25) is 0 Å². The molecule has 1 N–H and O–H groups in total. The van der Waals surface area contributed by atoms with Crippen LogP contribution >= 0.6 is 0 Å². The minimum atomic E-state index is -0.112. The summed E-state index contributed by atoms with van der Waals surface area (Å²) in [7, 11) is 1.50. The summed E-state index contributed by atoms with van der Waals surface area (Å²) < 4.78 is 5.11. The first-order chi connectivity index (χ1) is 8.77. The van der Waals surface area contributed by atoms with Gasteiger partial charge in [0, 0.05) is 18.8 Å². The van der Waals surface area contributed by atoms with E-state index >= 15 is 0 Å². The minimum Gasteiger partial charge on any atom is -0.480 e. The maximum atomic E-state index is 12.4. The molecule has 18 heavy (non-hydrogen) atoms. The minimum absolute atomic E-state index is 0.0230. The van der Waals surface area contributed by atoms with Gasteiger partial charge in [-0.1, -0.05) is 0 Å². The predicted octanol–water partition coefficient (Wildman–Crippen LogP) is 1.08. The van der Waals surface area contributed by atoms with Crippen LogP contribution in [0.5, 0.6) is 5.88 Å². The molecular weight excluding hydrogens is 232 g/mol. The van der Waals surface area contributed by atoms with E-state index in [0.29, 0.717) is 18.0 Å². The van der Waals surface area contributed by atoms with Crippen LogP contribution in [0.3, 0.4) is 0 Å². The summed E-state index contributed by atoms with van der Waals surface area (Å²) in [5.74, 6) is 0.225. The largest absolute Gasteiger partial charge is 0.480 e. The molecule has 1 aromatic rings. The van der Waals surface area contributed by atoms with Gasteiger partial charge in [-0.2, -0.15) is 0 Å². The van der Waals surface area contributed by atoms with Crippen molar-refractivity contribution >= 4 is 5.91 Å². The van der Waals surface area contributed by atoms with E-state index in [2.05, 4.69) is 4.98 Å². The molecule has 1 amide bonds. The molecule has 1 heterocycles. The summed E-state index contributed by atoms with van der Waals surface area (Å²) in [6, 6.07) is 3.67. The van der Waals surface area contributed by atoms with Crippen molar-refractivity contribution in [2.45, 2.75) is 25.3 Å². The molecule has 5 heteroatoms. The van der Waals surface area contributed by atoms with Crippen LogP contribution < -0.4 is 4.74 Å². The van der Waals surface area contributed by atoms with E-state index in [1.165, 1.54) is 7.11 Å². The van der Waals surface area contributed by atoms with Gasteiger partial charge in [-0.05, 0) is 31.4 Å². The zero-order chi connectivity index (χ0) is 13.0. The normalized spacial score (nSPS) is 15.0. The Morgan fingerprint density at radius 3 is 2.94 bits per heavy atom. The molecule has 98 valence electrons. The van der Waals surface area contributed by atoms with Gasteiger partial charge < -0.3 is 14.7 Å². The molecule has 0 aliphatic heterocycles. The van der Waals surface area contributed by atoms with Crippen molar-refractivity contribution in [3.63, 3.8) is 0 Å². The van der Waals surface area contributed by atoms with Gasteiger partial charge in [0.05, 0.1) is 13.7 Å². The number of amides is 1. The second-order valence-electron chi connectivity index (χ2n) is 4.37. The molecule has 0 aromatic carbocycles. The SMILES string of the molecule is COc1ncccc1C(=O)N(CCO)C1CCC1. The van der Waals surface area contributed by atoms with Gasteiger partial charge >= 0.3 is 0 Å². The van der Waals surface area contributed by atoms with Crippen molar-refractivity contribution in [3.05, 3.63) is 23.9 Å². The van der Waals surface area contributed by atoms with Crippen LogP contribution in [-0.2, 0) is 0 Å².